The molecule has 15 heteroatoms. The predicted octanol–water partition coefficient (Wildman–Crippen LogP) is 0.0737. The van der Waals surface area contributed by atoms with E-state index in [0.29, 0.717) is 10.0 Å². The maximum absolute atomic E-state index is 13.5. The fourth-order valence-corrected chi connectivity index (χ4v) is 5.70. The first-order valence-corrected chi connectivity index (χ1v) is 12.5. The molecule has 36 heavy (non-hydrogen) atoms. The number of amides is 1. The number of aliphatic hydroxyl groups excluding tert-OH is 2. The van der Waals surface area contributed by atoms with Crippen molar-refractivity contribution < 1.29 is 52.3 Å². The number of hydrogen-bond acceptors (Lipinski definition) is 10. The van der Waals surface area contributed by atoms with Crippen LogP contribution >= 0.6 is 15.9 Å². The molecule has 1 saturated carbocycles. The summed E-state index contributed by atoms with van der Waals surface area (Å²) >= 11 is 3.39. The molecule has 1 aromatic carbocycles. The molecule has 1 aromatic rings. The summed E-state index contributed by atoms with van der Waals surface area (Å²) in [5, 5.41) is 43.4. The third-order valence-corrected chi connectivity index (χ3v) is 7.29. The molecule has 0 heterocycles. The number of primary amides is 1. The number of aliphatic hydroxyl groups is 3. The fourth-order valence-electron chi connectivity index (χ4n) is 5.21. The van der Waals surface area contributed by atoms with Crippen molar-refractivity contribution in [2.45, 2.75) is 24.5 Å². The minimum Gasteiger partial charge on any atom is -0.508 e. The average Bonchev–Trinajstić information content (AvgIpc) is 2.71. The van der Waals surface area contributed by atoms with E-state index in [0.717, 1.165) is 0 Å². The summed E-state index contributed by atoms with van der Waals surface area (Å²) in [6.45, 7) is 0. The highest BCUT2D eigenvalue weighted by molar-refractivity contribution is 9.10. The van der Waals surface area contributed by atoms with Gasteiger partial charge in [0.05, 0.1) is 11.6 Å². The van der Waals surface area contributed by atoms with Crippen molar-refractivity contribution in [3.63, 3.8) is 0 Å². The van der Waals surface area contributed by atoms with E-state index in [1.54, 1.807) is 20.2 Å². The molecule has 3 aliphatic carbocycles. The summed E-state index contributed by atoms with van der Waals surface area (Å²) in [4.78, 5) is 39.9. The van der Waals surface area contributed by atoms with Crippen molar-refractivity contribution in [2.24, 2.45) is 17.6 Å². The monoisotopic (exact) mass is 590 g/mol. The number of nitrogens with two attached hydrogens (primary N) is 1. The van der Waals surface area contributed by atoms with Gasteiger partial charge in [-0.05, 0) is 50.6 Å². The number of nitrogens with zero attached hydrogens (tertiary/aromatic N) is 1. The van der Waals surface area contributed by atoms with Crippen LogP contribution < -0.4 is 5.73 Å². The number of fused-ring (bicyclic) bond motifs is 3. The van der Waals surface area contributed by atoms with Crippen LogP contribution in [0.25, 0.3) is 5.76 Å². The van der Waals surface area contributed by atoms with Gasteiger partial charge in [0.15, 0.2) is 11.4 Å². The molecule has 3 aliphatic rings. The zero-order chi connectivity index (χ0) is 27.5. The Morgan fingerprint density at radius 1 is 1.17 bits per heavy atom. The fraction of sp³-hybridized carbons (Fsp3) is 0.381. The maximum atomic E-state index is 13.5. The molecule has 0 saturated heterocycles. The zero-order valence-corrected chi connectivity index (χ0v) is 21.2. The summed E-state index contributed by atoms with van der Waals surface area (Å²) in [6, 6.07) is 1.88. The second kappa shape index (κ2) is 9.24. The minimum atomic E-state index is -4.67. The van der Waals surface area contributed by atoms with Crippen LogP contribution in [0.2, 0.25) is 0 Å². The number of halogens is 1. The SMILES string of the molecule is CN(C)[C@@H]1C(=O)C(C(N)=O)=C(O)[C@@]2(O)C(=O)C3=C(O)c4c(O)ccc(Br)c4CC3CC12.O=S(=O)(O)O. The summed E-state index contributed by atoms with van der Waals surface area (Å²) in [7, 11) is -1.55. The highest BCUT2D eigenvalue weighted by Gasteiger charge is 2.64. The first-order valence-electron chi connectivity index (χ1n) is 10.3. The van der Waals surface area contributed by atoms with E-state index < -0.39 is 68.4 Å². The van der Waals surface area contributed by atoms with Gasteiger partial charge in [-0.15, -0.1) is 0 Å². The molecule has 4 rings (SSSR count). The largest absolute Gasteiger partial charge is 0.508 e. The summed E-state index contributed by atoms with van der Waals surface area (Å²) in [5.74, 6) is -6.56. The molecule has 0 aromatic heterocycles. The van der Waals surface area contributed by atoms with Crippen LogP contribution in [0, 0.1) is 11.8 Å². The summed E-state index contributed by atoms with van der Waals surface area (Å²) in [5.41, 5.74) is 2.32. The van der Waals surface area contributed by atoms with Gasteiger partial charge < -0.3 is 26.2 Å². The Labute approximate surface area is 213 Å². The van der Waals surface area contributed by atoms with Crippen molar-refractivity contribution in [3.8, 4) is 5.75 Å². The number of benzene rings is 1. The number of rotatable bonds is 2. The quantitative estimate of drug-likeness (QED) is 0.179. The number of phenolic OH excluding ortho intramolecular Hbond substituents is 1. The van der Waals surface area contributed by atoms with Gasteiger partial charge in [-0.25, -0.2) is 0 Å². The molecule has 8 N–H and O–H groups in total. The summed E-state index contributed by atoms with van der Waals surface area (Å²) < 4.78 is 32.2. The second-order valence-electron chi connectivity index (χ2n) is 8.83. The molecular weight excluding hydrogens is 568 g/mol. The van der Waals surface area contributed by atoms with E-state index >= 15 is 0 Å². The number of carbonyl (C=O) groups excluding carboxylic acids is 3. The molecule has 0 bridgehead atoms. The Balaban J connectivity index is 0.000000658. The lowest BCUT2D eigenvalue weighted by molar-refractivity contribution is -0.153. The average molecular weight is 591 g/mol. The van der Waals surface area contributed by atoms with Crippen molar-refractivity contribution in [1.29, 1.82) is 0 Å². The number of Topliss-reactive ketones (excluding diaryl/α,β-unsaturated/α-hetero) is 2. The molecule has 196 valence electrons. The number of phenols is 1. The van der Waals surface area contributed by atoms with Crippen molar-refractivity contribution in [3.05, 3.63) is 44.6 Å². The molecule has 0 radical (unpaired) electrons. The molecule has 4 atom stereocenters. The lowest BCUT2D eigenvalue weighted by Crippen LogP contribution is -2.65. The standard InChI is InChI=1S/C21H21BrN2O7.H2O4S/c1-24(2)15-9-6-7-5-8-10(22)3-4-11(25)13(8)16(26)12(7)18(28)21(9,31)19(29)14(17(15)27)20(23)30;1-5(2,3)4/h3-4,7,9,15,25-26,29,31H,5-6H2,1-2H3,(H2,23,30);(H2,1,2,3,4)/t7?,9?,15-,21-;/m0./s1. The Morgan fingerprint density at radius 3 is 2.22 bits per heavy atom. The predicted molar refractivity (Wildman–Crippen MR) is 126 cm³/mol. The van der Waals surface area contributed by atoms with E-state index in [1.807, 2.05) is 0 Å². The van der Waals surface area contributed by atoms with Crippen LogP contribution in [0.5, 0.6) is 5.75 Å². The molecular formula is C21H23BrN2O11S. The van der Waals surface area contributed by atoms with Crippen molar-refractivity contribution in [1.82, 2.24) is 4.90 Å². The number of hydrogen-bond donors (Lipinski definition) is 7. The van der Waals surface area contributed by atoms with Gasteiger partial charge in [0.2, 0.25) is 5.78 Å². The number of carbonyl (C=O) groups is 3. The normalized spacial score (nSPS) is 27.7. The maximum Gasteiger partial charge on any atom is 0.394 e. The van der Waals surface area contributed by atoms with Crippen LogP contribution in [0.4, 0.5) is 0 Å². The van der Waals surface area contributed by atoms with E-state index in [9.17, 15) is 34.8 Å². The van der Waals surface area contributed by atoms with E-state index in [4.69, 9.17) is 23.3 Å². The molecule has 1 fully saturated rings. The lowest BCUT2D eigenvalue weighted by atomic mass is 9.57. The topological polar surface area (TPSA) is 236 Å². The van der Waals surface area contributed by atoms with Crippen LogP contribution in [0.1, 0.15) is 17.5 Å². The van der Waals surface area contributed by atoms with Crippen molar-refractivity contribution >= 4 is 49.6 Å². The first kappa shape index (κ1) is 27.8. The van der Waals surface area contributed by atoms with E-state index in [-0.39, 0.29) is 29.7 Å². The van der Waals surface area contributed by atoms with Crippen LogP contribution in [0.15, 0.2) is 33.5 Å². The van der Waals surface area contributed by atoms with Crippen molar-refractivity contribution in [2.75, 3.05) is 14.1 Å². The van der Waals surface area contributed by atoms with Crippen LogP contribution in [0.3, 0.4) is 0 Å². The Hall–Kier alpha value is -2.82. The number of ketones is 2. The van der Waals surface area contributed by atoms with Gasteiger partial charge in [0, 0.05) is 16.0 Å². The number of aromatic hydroxyl groups is 1. The molecule has 1 amide bonds. The number of likely N-dealkylation sites (N-methyl/N-ethyl adjacent to an activating group) is 1. The van der Waals surface area contributed by atoms with E-state index in [2.05, 4.69) is 15.9 Å². The lowest BCUT2D eigenvalue weighted by Gasteiger charge is -2.50. The first-order chi connectivity index (χ1) is 16.4. The third-order valence-electron chi connectivity index (χ3n) is 6.55. The highest BCUT2D eigenvalue weighted by atomic mass is 79.9. The van der Waals surface area contributed by atoms with Gasteiger partial charge in [-0.1, -0.05) is 15.9 Å². The molecule has 13 nitrogen and oxygen atoms in total. The van der Waals surface area contributed by atoms with E-state index in [1.165, 1.54) is 11.0 Å². The Bertz CT molecular complexity index is 1340. The Kier molecular flexibility index (Phi) is 7.13. The second-order valence-corrected chi connectivity index (χ2v) is 10.6. The van der Waals surface area contributed by atoms with Gasteiger partial charge in [0.25, 0.3) is 5.91 Å². The molecule has 0 aliphatic heterocycles. The van der Waals surface area contributed by atoms with Gasteiger partial charge in [-0.2, -0.15) is 8.42 Å². The third kappa shape index (κ3) is 4.42. The van der Waals surface area contributed by atoms with Gasteiger partial charge in [-0.3, -0.25) is 28.4 Å². The van der Waals surface area contributed by atoms with Gasteiger partial charge in [0.1, 0.15) is 22.8 Å². The molecule has 0 spiro atoms. The zero-order valence-electron chi connectivity index (χ0n) is 18.8. The summed E-state index contributed by atoms with van der Waals surface area (Å²) in [6.07, 6.45) is 0.317. The molecule has 2 unspecified atom stereocenters. The van der Waals surface area contributed by atoms with Gasteiger partial charge >= 0.3 is 10.4 Å². The smallest absolute Gasteiger partial charge is 0.394 e. The Morgan fingerprint density at radius 2 is 1.72 bits per heavy atom. The highest BCUT2D eigenvalue weighted by Crippen LogP contribution is 2.53. The van der Waals surface area contributed by atoms with Crippen LogP contribution in [-0.2, 0) is 31.2 Å². The van der Waals surface area contributed by atoms with Crippen LogP contribution in [-0.4, -0.2) is 86.1 Å². The minimum absolute atomic E-state index is 0.0608.